The highest BCUT2D eigenvalue weighted by Crippen LogP contribution is 2.37. The maximum Gasteiger partial charge on any atom is 0.105 e. The Morgan fingerprint density at radius 2 is 1.73 bits per heavy atom. The Morgan fingerprint density at radius 3 is 2.33 bits per heavy atom. The summed E-state index contributed by atoms with van der Waals surface area (Å²) in [5, 5.41) is 0. The minimum absolute atomic E-state index is 0.867. The minimum atomic E-state index is 0.867. The van der Waals surface area contributed by atoms with Crippen LogP contribution in [0.5, 0.6) is 0 Å². The number of quaternary nitrogens is 1. The van der Waals surface area contributed by atoms with Crippen molar-refractivity contribution in [2.45, 2.75) is 45.3 Å². The molecule has 1 unspecified atom stereocenters. The van der Waals surface area contributed by atoms with Gasteiger partial charge in [0.25, 0.3) is 0 Å². The molecule has 0 saturated carbocycles. The summed E-state index contributed by atoms with van der Waals surface area (Å²) in [5.74, 6) is 0. The second-order valence-corrected chi connectivity index (χ2v) is 5.37. The SMILES string of the molecule is CC1CCCC[N+]12Cc1ccccc1C2. The molecule has 1 nitrogen and oxygen atoms in total. The summed E-state index contributed by atoms with van der Waals surface area (Å²) in [6, 6.07) is 9.89. The highest BCUT2D eigenvalue weighted by atomic mass is 15.4. The topological polar surface area (TPSA) is 0 Å². The first-order valence-corrected chi connectivity index (χ1v) is 6.23. The molecular formula is C14H20N+. The summed E-state index contributed by atoms with van der Waals surface area (Å²) in [4.78, 5) is 0. The summed E-state index contributed by atoms with van der Waals surface area (Å²) >= 11 is 0. The fourth-order valence-electron chi connectivity index (χ4n) is 3.43. The van der Waals surface area contributed by atoms with E-state index in [1.54, 1.807) is 11.1 Å². The normalized spacial score (nSPS) is 27.9. The van der Waals surface area contributed by atoms with E-state index >= 15 is 0 Å². The van der Waals surface area contributed by atoms with Gasteiger partial charge >= 0.3 is 0 Å². The number of piperidine rings is 1. The molecule has 1 aromatic carbocycles. The standard InChI is InChI=1S/C14H20N/c1-12-6-4-5-9-15(12)10-13-7-2-3-8-14(13)11-15/h2-3,7-8,12H,4-6,9-11H2,1H3/q+1. The maximum atomic E-state index is 2.45. The third-order valence-corrected chi connectivity index (χ3v) is 4.50. The predicted molar refractivity (Wildman–Crippen MR) is 62.3 cm³/mol. The predicted octanol–water partition coefficient (Wildman–Crippen LogP) is 3.09. The zero-order valence-corrected chi connectivity index (χ0v) is 9.58. The highest BCUT2D eigenvalue weighted by Gasteiger charge is 2.41. The van der Waals surface area contributed by atoms with Gasteiger partial charge in [0.2, 0.25) is 0 Å². The molecule has 0 bridgehead atoms. The Balaban J connectivity index is 1.93. The van der Waals surface area contributed by atoms with Gasteiger partial charge in [0.05, 0.1) is 12.6 Å². The van der Waals surface area contributed by atoms with Gasteiger partial charge in [-0.3, -0.25) is 0 Å². The summed E-state index contributed by atoms with van der Waals surface area (Å²) in [7, 11) is 0. The van der Waals surface area contributed by atoms with Gasteiger partial charge < -0.3 is 4.48 Å². The zero-order valence-electron chi connectivity index (χ0n) is 9.58. The molecule has 0 N–H and O–H groups in total. The fraction of sp³-hybridized carbons (Fsp3) is 0.571. The number of rotatable bonds is 0. The Kier molecular flexibility index (Phi) is 2.10. The first-order valence-electron chi connectivity index (χ1n) is 6.23. The Morgan fingerprint density at radius 1 is 1.07 bits per heavy atom. The summed E-state index contributed by atoms with van der Waals surface area (Å²) < 4.78 is 1.35. The van der Waals surface area contributed by atoms with Gasteiger partial charge in [0, 0.05) is 11.1 Å². The van der Waals surface area contributed by atoms with Crippen LogP contribution in [-0.4, -0.2) is 17.1 Å². The van der Waals surface area contributed by atoms with Crippen molar-refractivity contribution in [2.75, 3.05) is 6.54 Å². The van der Waals surface area contributed by atoms with Gasteiger partial charge in [-0.1, -0.05) is 24.3 Å². The lowest BCUT2D eigenvalue weighted by Crippen LogP contribution is -2.52. The third kappa shape index (κ3) is 1.41. The van der Waals surface area contributed by atoms with Crippen molar-refractivity contribution < 1.29 is 4.48 Å². The van der Waals surface area contributed by atoms with Crippen LogP contribution in [-0.2, 0) is 13.1 Å². The first kappa shape index (κ1) is 9.41. The Bertz CT molecular complexity index is 344. The summed E-state index contributed by atoms with van der Waals surface area (Å²) in [6.45, 7) is 6.43. The summed E-state index contributed by atoms with van der Waals surface area (Å²) in [6.07, 6.45) is 4.30. The molecule has 0 amide bonds. The average molecular weight is 202 g/mol. The van der Waals surface area contributed by atoms with Crippen LogP contribution in [0.4, 0.5) is 0 Å². The van der Waals surface area contributed by atoms with E-state index < -0.39 is 0 Å². The number of hydrogen-bond acceptors (Lipinski definition) is 0. The highest BCUT2D eigenvalue weighted by molar-refractivity contribution is 5.28. The van der Waals surface area contributed by atoms with Crippen molar-refractivity contribution in [3.8, 4) is 0 Å². The van der Waals surface area contributed by atoms with E-state index in [0.717, 1.165) is 6.04 Å². The molecule has 15 heavy (non-hydrogen) atoms. The van der Waals surface area contributed by atoms with Crippen molar-refractivity contribution in [1.82, 2.24) is 0 Å². The second kappa shape index (κ2) is 3.34. The zero-order chi connectivity index (χ0) is 10.3. The number of benzene rings is 1. The van der Waals surface area contributed by atoms with Crippen molar-refractivity contribution in [2.24, 2.45) is 0 Å². The van der Waals surface area contributed by atoms with E-state index in [9.17, 15) is 0 Å². The van der Waals surface area contributed by atoms with Gasteiger partial charge in [-0.25, -0.2) is 0 Å². The van der Waals surface area contributed by atoms with Gasteiger partial charge in [0.15, 0.2) is 0 Å². The number of hydrogen-bond donors (Lipinski definition) is 0. The van der Waals surface area contributed by atoms with Gasteiger partial charge in [-0.05, 0) is 26.2 Å². The molecule has 1 spiro atoms. The molecule has 1 heteroatoms. The van der Waals surface area contributed by atoms with E-state index in [4.69, 9.17) is 0 Å². The fourth-order valence-corrected chi connectivity index (χ4v) is 3.43. The van der Waals surface area contributed by atoms with Gasteiger partial charge in [0.1, 0.15) is 13.1 Å². The number of fused-ring (bicyclic) bond motifs is 1. The quantitative estimate of drug-likeness (QED) is 0.567. The molecule has 2 heterocycles. The van der Waals surface area contributed by atoms with Crippen molar-refractivity contribution in [3.05, 3.63) is 35.4 Å². The molecular weight excluding hydrogens is 182 g/mol. The third-order valence-electron chi connectivity index (χ3n) is 4.50. The van der Waals surface area contributed by atoms with Crippen LogP contribution in [0.1, 0.15) is 37.3 Å². The average Bonchev–Trinajstić information content (AvgIpc) is 2.62. The van der Waals surface area contributed by atoms with Crippen LogP contribution in [0.25, 0.3) is 0 Å². The van der Waals surface area contributed by atoms with Crippen LogP contribution < -0.4 is 0 Å². The molecule has 1 atom stereocenters. The van der Waals surface area contributed by atoms with Crippen LogP contribution in [0.3, 0.4) is 0 Å². The summed E-state index contributed by atoms with van der Waals surface area (Å²) in [5.41, 5.74) is 3.21. The van der Waals surface area contributed by atoms with Crippen LogP contribution >= 0.6 is 0 Å². The molecule has 80 valence electrons. The lowest BCUT2D eigenvalue weighted by atomic mass is 10.0. The molecule has 0 aliphatic carbocycles. The molecule has 0 radical (unpaired) electrons. The van der Waals surface area contributed by atoms with Crippen molar-refractivity contribution >= 4 is 0 Å². The van der Waals surface area contributed by atoms with Gasteiger partial charge in [-0.15, -0.1) is 0 Å². The molecule has 2 aliphatic rings. The van der Waals surface area contributed by atoms with Crippen LogP contribution in [0.15, 0.2) is 24.3 Å². The Hall–Kier alpha value is -0.820. The molecule has 2 aliphatic heterocycles. The molecule has 1 saturated heterocycles. The Labute approximate surface area is 92.3 Å². The lowest BCUT2D eigenvalue weighted by molar-refractivity contribution is -0.972. The van der Waals surface area contributed by atoms with Crippen LogP contribution in [0.2, 0.25) is 0 Å². The molecule has 1 fully saturated rings. The molecule has 3 rings (SSSR count). The minimum Gasteiger partial charge on any atom is -0.314 e. The number of nitrogens with zero attached hydrogens (tertiary/aromatic N) is 1. The van der Waals surface area contributed by atoms with Crippen molar-refractivity contribution in [1.29, 1.82) is 0 Å². The monoisotopic (exact) mass is 202 g/mol. The maximum absolute atomic E-state index is 2.45. The second-order valence-electron chi connectivity index (χ2n) is 5.37. The van der Waals surface area contributed by atoms with E-state index in [0.29, 0.717) is 0 Å². The van der Waals surface area contributed by atoms with Gasteiger partial charge in [-0.2, -0.15) is 0 Å². The first-order chi connectivity index (χ1) is 7.30. The van der Waals surface area contributed by atoms with Crippen molar-refractivity contribution in [3.63, 3.8) is 0 Å². The largest absolute Gasteiger partial charge is 0.314 e. The van der Waals surface area contributed by atoms with E-state index in [2.05, 4.69) is 31.2 Å². The molecule has 0 aromatic heterocycles. The van der Waals surface area contributed by atoms with E-state index in [1.165, 1.54) is 43.4 Å². The smallest absolute Gasteiger partial charge is 0.105 e. The molecule has 1 aromatic rings. The van der Waals surface area contributed by atoms with Crippen LogP contribution in [0, 0.1) is 0 Å². The van der Waals surface area contributed by atoms with E-state index in [1.807, 2.05) is 0 Å². The van der Waals surface area contributed by atoms with E-state index in [-0.39, 0.29) is 0 Å². The lowest BCUT2D eigenvalue weighted by Gasteiger charge is -2.43.